The smallest absolute Gasteiger partial charge is 0.241 e. The standard InChI is InChI=1S/C15H15N3O2S/c1-11-6-2-5-9-14(11)21(19,20)16-10-15-17-12-7-3-4-8-13(12)18-15/h2-9,16H,10H2,1H3,(H,17,18). The Balaban J connectivity index is 1.82. The number of rotatable bonds is 4. The molecular weight excluding hydrogens is 286 g/mol. The number of fused-ring (bicyclic) bond motifs is 1. The van der Waals surface area contributed by atoms with E-state index in [4.69, 9.17) is 0 Å². The molecule has 0 unspecified atom stereocenters. The van der Waals surface area contributed by atoms with Crippen LogP contribution in [-0.4, -0.2) is 18.4 Å². The molecule has 0 fully saturated rings. The van der Waals surface area contributed by atoms with Crippen LogP contribution >= 0.6 is 0 Å². The lowest BCUT2D eigenvalue weighted by atomic mass is 10.2. The van der Waals surface area contributed by atoms with Crippen LogP contribution in [0.25, 0.3) is 11.0 Å². The van der Waals surface area contributed by atoms with Gasteiger partial charge in [-0.2, -0.15) is 0 Å². The molecule has 0 aliphatic rings. The van der Waals surface area contributed by atoms with E-state index < -0.39 is 10.0 Å². The van der Waals surface area contributed by atoms with Gasteiger partial charge in [-0.15, -0.1) is 0 Å². The Hall–Kier alpha value is -2.18. The first kappa shape index (κ1) is 13.8. The van der Waals surface area contributed by atoms with Gasteiger partial charge in [-0.1, -0.05) is 30.3 Å². The molecule has 0 saturated carbocycles. The zero-order valence-electron chi connectivity index (χ0n) is 11.5. The van der Waals surface area contributed by atoms with Crippen molar-refractivity contribution in [1.29, 1.82) is 0 Å². The molecule has 0 saturated heterocycles. The highest BCUT2D eigenvalue weighted by Crippen LogP contribution is 2.15. The van der Waals surface area contributed by atoms with E-state index in [1.54, 1.807) is 25.1 Å². The number of H-pyrrole nitrogens is 1. The van der Waals surface area contributed by atoms with Crippen molar-refractivity contribution in [2.75, 3.05) is 0 Å². The molecule has 3 aromatic rings. The molecule has 1 aromatic heterocycles. The SMILES string of the molecule is Cc1ccccc1S(=O)(=O)NCc1nc2ccccc2[nH]1. The average Bonchev–Trinajstić information content (AvgIpc) is 2.88. The Morgan fingerprint density at radius 3 is 2.57 bits per heavy atom. The number of benzene rings is 2. The minimum atomic E-state index is -3.54. The van der Waals surface area contributed by atoms with E-state index in [2.05, 4.69) is 14.7 Å². The molecule has 108 valence electrons. The number of sulfonamides is 1. The van der Waals surface area contributed by atoms with Gasteiger partial charge in [0.25, 0.3) is 0 Å². The topological polar surface area (TPSA) is 74.8 Å². The largest absolute Gasteiger partial charge is 0.341 e. The van der Waals surface area contributed by atoms with Gasteiger partial charge in [0.15, 0.2) is 0 Å². The van der Waals surface area contributed by atoms with Crippen LogP contribution in [0.15, 0.2) is 53.4 Å². The molecule has 2 aromatic carbocycles. The third-order valence-corrected chi connectivity index (χ3v) is 4.81. The summed E-state index contributed by atoms with van der Waals surface area (Å²) in [5.74, 6) is 0.591. The lowest BCUT2D eigenvalue weighted by molar-refractivity contribution is 0.579. The fourth-order valence-electron chi connectivity index (χ4n) is 2.19. The van der Waals surface area contributed by atoms with E-state index in [0.717, 1.165) is 16.6 Å². The number of aryl methyl sites for hydroxylation is 1. The quantitative estimate of drug-likeness (QED) is 0.776. The fourth-order valence-corrected chi connectivity index (χ4v) is 3.42. The number of aromatic amines is 1. The van der Waals surface area contributed by atoms with E-state index >= 15 is 0 Å². The van der Waals surface area contributed by atoms with E-state index in [9.17, 15) is 8.42 Å². The summed E-state index contributed by atoms with van der Waals surface area (Å²) >= 11 is 0. The molecule has 21 heavy (non-hydrogen) atoms. The molecule has 5 nitrogen and oxygen atoms in total. The van der Waals surface area contributed by atoms with E-state index in [0.29, 0.717) is 10.7 Å². The van der Waals surface area contributed by atoms with Crippen LogP contribution in [0.3, 0.4) is 0 Å². The molecule has 0 atom stereocenters. The highest BCUT2D eigenvalue weighted by atomic mass is 32.2. The van der Waals surface area contributed by atoms with Crippen molar-refractivity contribution in [3.8, 4) is 0 Å². The molecular formula is C15H15N3O2S. The summed E-state index contributed by atoms with van der Waals surface area (Å²) in [6, 6.07) is 14.5. The van der Waals surface area contributed by atoms with Crippen molar-refractivity contribution in [3.05, 3.63) is 59.9 Å². The average molecular weight is 301 g/mol. The number of para-hydroxylation sites is 2. The molecule has 3 rings (SSSR count). The van der Waals surface area contributed by atoms with Crippen LogP contribution in [-0.2, 0) is 16.6 Å². The molecule has 0 bridgehead atoms. The van der Waals surface area contributed by atoms with Crippen LogP contribution in [0, 0.1) is 6.92 Å². The second-order valence-corrected chi connectivity index (χ2v) is 6.53. The molecule has 0 spiro atoms. The molecule has 0 amide bonds. The summed E-state index contributed by atoms with van der Waals surface area (Å²) in [5, 5.41) is 0. The molecule has 0 radical (unpaired) electrons. The first-order chi connectivity index (χ1) is 10.1. The lowest BCUT2D eigenvalue weighted by Gasteiger charge is -2.07. The van der Waals surface area contributed by atoms with E-state index in [1.165, 1.54) is 0 Å². The first-order valence-electron chi connectivity index (χ1n) is 6.55. The highest BCUT2D eigenvalue weighted by molar-refractivity contribution is 7.89. The van der Waals surface area contributed by atoms with Gasteiger partial charge in [0.05, 0.1) is 22.5 Å². The third kappa shape index (κ3) is 2.81. The Morgan fingerprint density at radius 2 is 1.81 bits per heavy atom. The van der Waals surface area contributed by atoms with Gasteiger partial charge in [-0.3, -0.25) is 0 Å². The van der Waals surface area contributed by atoms with Gasteiger partial charge >= 0.3 is 0 Å². The predicted octanol–water partition coefficient (Wildman–Crippen LogP) is 2.35. The Kier molecular flexibility index (Phi) is 3.48. The monoisotopic (exact) mass is 301 g/mol. The number of hydrogen-bond acceptors (Lipinski definition) is 3. The molecule has 6 heteroatoms. The van der Waals surface area contributed by atoms with Crippen LogP contribution in [0.5, 0.6) is 0 Å². The van der Waals surface area contributed by atoms with Crippen molar-refractivity contribution >= 4 is 21.1 Å². The fraction of sp³-hybridized carbons (Fsp3) is 0.133. The molecule has 0 aliphatic heterocycles. The van der Waals surface area contributed by atoms with Gasteiger partial charge in [-0.25, -0.2) is 18.1 Å². The predicted molar refractivity (Wildman–Crippen MR) is 81.3 cm³/mol. The maximum atomic E-state index is 12.3. The summed E-state index contributed by atoms with van der Waals surface area (Å²) in [5.41, 5.74) is 2.43. The molecule has 2 N–H and O–H groups in total. The lowest BCUT2D eigenvalue weighted by Crippen LogP contribution is -2.24. The summed E-state index contributed by atoms with van der Waals surface area (Å²) in [6.07, 6.45) is 0. The Bertz CT molecular complexity index is 852. The second-order valence-electron chi connectivity index (χ2n) is 4.79. The third-order valence-electron chi connectivity index (χ3n) is 3.25. The summed E-state index contributed by atoms with van der Waals surface area (Å²) in [7, 11) is -3.54. The first-order valence-corrected chi connectivity index (χ1v) is 8.03. The molecule has 1 heterocycles. The summed E-state index contributed by atoms with van der Waals surface area (Å²) in [4.78, 5) is 7.74. The summed E-state index contributed by atoms with van der Waals surface area (Å²) in [6.45, 7) is 1.90. The Labute approximate surface area is 123 Å². The number of aromatic nitrogens is 2. The maximum Gasteiger partial charge on any atom is 0.241 e. The minimum absolute atomic E-state index is 0.130. The van der Waals surface area contributed by atoms with Crippen LogP contribution < -0.4 is 4.72 Å². The van der Waals surface area contributed by atoms with Crippen molar-refractivity contribution in [2.45, 2.75) is 18.4 Å². The second kappa shape index (κ2) is 5.31. The zero-order valence-corrected chi connectivity index (χ0v) is 12.3. The number of imidazole rings is 1. The van der Waals surface area contributed by atoms with Gasteiger partial charge < -0.3 is 4.98 Å². The highest BCUT2D eigenvalue weighted by Gasteiger charge is 2.16. The van der Waals surface area contributed by atoms with Crippen LogP contribution in [0.1, 0.15) is 11.4 Å². The van der Waals surface area contributed by atoms with Crippen molar-refractivity contribution in [1.82, 2.24) is 14.7 Å². The number of nitrogens with one attached hydrogen (secondary N) is 2. The van der Waals surface area contributed by atoms with Crippen molar-refractivity contribution in [2.24, 2.45) is 0 Å². The van der Waals surface area contributed by atoms with Crippen LogP contribution in [0.2, 0.25) is 0 Å². The van der Waals surface area contributed by atoms with Gasteiger partial charge in [0, 0.05) is 0 Å². The minimum Gasteiger partial charge on any atom is -0.341 e. The zero-order chi connectivity index (χ0) is 14.9. The van der Waals surface area contributed by atoms with Crippen molar-refractivity contribution < 1.29 is 8.42 Å². The van der Waals surface area contributed by atoms with Gasteiger partial charge in [0.2, 0.25) is 10.0 Å². The van der Waals surface area contributed by atoms with Gasteiger partial charge in [0.1, 0.15) is 5.82 Å². The number of hydrogen-bond donors (Lipinski definition) is 2. The van der Waals surface area contributed by atoms with Gasteiger partial charge in [-0.05, 0) is 30.7 Å². The van der Waals surface area contributed by atoms with Crippen molar-refractivity contribution in [3.63, 3.8) is 0 Å². The molecule has 0 aliphatic carbocycles. The normalized spacial score (nSPS) is 11.9. The Morgan fingerprint density at radius 1 is 1.10 bits per heavy atom. The summed E-state index contributed by atoms with van der Waals surface area (Å²) < 4.78 is 27.1. The number of nitrogens with zero attached hydrogens (tertiary/aromatic N) is 1. The van der Waals surface area contributed by atoms with E-state index in [-0.39, 0.29) is 6.54 Å². The van der Waals surface area contributed by atoms with E-state index in [1.807, 2.05) is 30.3 Å². The maximum absolute atomic E-state index is 12.3. The van der Waals surface area contributed by atoms with Crippen LogP contribution in [0.4, 0.5) is 0 Å².